The minimum atomic E-state index is -1.17. The van der Waals surface area contributed by atoms with Gasteiger partial charge in [-0.1, -0.05) is 57.6 Å². The van der Waals surface area contributed by atoms with Crippen molar-refractivity contribution in [3.63, 3.8) is 0 Å². The molecule has 0 aliphatic carbocycles. The van der Waals surface area contributed by atoms with Gasteiger partial charge in [-0.2, -0.15) is 4.58 Å². The summed E-state index contributed by atoms with van der Waals surface area (Å²) in [6.45, 7) is 10.2. The lowest BCUT2D eigenvalue weighted by Crippen LogP contribution is -2.58. The average molecular weight is 572 g/mol. The number of aliphatic hydroxyl groups is 1. The number of carbonyl (C=O) groups excluding carboxylic acids is 1. The molecule has 0 fully saturated rings. The van der Waals surface area contributed by atoms with Crippen LogP contribution in [0, 0.1) is 12.0 Å². The Morgan fingerprint density at radius 3 is 2.34 bits per heavy atom. The summed E-state index contributed by atoms with van der Waals surface area (Å²) >= 11 is 0. The van der Waals surface area contributed by atoms with E-state index in [1.807, 2.05) is 19.1 Å². The highest BCUT2D eigenvalue weighted by Crippen LogP contribution is 2.25. The van der Waals surface area contributed by atoms with Gasteiger partial charge in [0.25, 0.3) is 0 Å². The van der Waals surface area contributed by atoms with Crippen LogP contribution in [-0.2, 0) is 11.2 Å². The van der Waals surface area contributed by atoms with Crippen LogP contribution in [-0.4, -0.2) is 85.6 Å². The number of nitrogens with one attached hydrogen (secondary N) is 4. The summed E-state index contributed by atoms with van der Waals surface area (Å²) in [7, 11) is 0. The number of aliphatic carboxylic acids is 1. The van der Waals surface area contributed by atoms with E-state index in [1.54, 1.807) is 11.5 Å². The number of carbonyl (C=O) groups is 1. The molecule has 9 heteroatoms. The van der Waals surface area contributed by atoms with Crippen LogP contribution >= 0.6 is 0 Å². The maximum absolute atomic E-state index is 11.7. The SMILES string of the molecule is CCCCCCCCCc1ccc(OC2(CCNCCNCCNCC(C)O)CNC#CC(C)=[N+]2CC(=O)[O-])cc1. The van der Waals surface area contributed by atoms with Gasteiger partial charge in [-0.3, -0.25) is 0 Å². The van der Waals surface area contributed by atoms with Crippen molar-refractivity contribution in [3.05, 3.63) is 29.8 Å². The summed E-state index contributed by atoms with van der Waals surface area (Å²) < 4.78 is 8.34. The number of aliphatic hydroxyl groups excluding tert-OH is 1. The third kappa shape index (κ3) is 14.2. The summed E-state index contributed by atoms with van der Waals surface area (Å²) in [5.74, 6) is 2.51. The molecule has 0 aromatic heterocycles. The van der Waals surface area contributed by atoms with Crippen molar-refractivity contribution >= 4 is 11.7 Å². The first kappa shape index (κ1) is 34.6. The molecule has 1 aromatic rings. The molecule has 0 spiro atoms. The number of ether oxygens (including phenoxy) is 1. The van der Waals surface area contributed by atoms with Crippen LogP contribution < -0.4 is 31.1 Å². The number of benzene rings is 1. The molecule has 0 bridgehead atoms. The molecule has 1 aliphatic rings. The molecule has 5 N–H and O–H groups in total. The van der Waals surface area contributed by atoms with Crippen LogP contribution in [0.4, 0.5) is 0 Å². The number of aryl methyl sites for hydroxylation is 1. The zero-order valence-corrected chi connectivity index (χ0v) is 25.5. The number of rotatable bonds is 23. The Labute approximate surface area is 247 Å². The molecule has 1 heterocycles. The molecule has 0 amide bonds. The fourth-order valence-electron chi connectivity index (χ4n) is 4.97. The molecule has 1 aromatic carbocycles. The molecular formula is C32H53N5O4. The van der Waals surface area contributed by atoms with E-state index >= 15 is 0 Å². The fourth-order valence-corrected chi connectivity index (χ4v) is 4.97. The molecular weight excluding hydrogens is 518 g/mol. The number of carboxylic acids is 1. The maximum Gasteiger partial charge on any atom is 0.326 e. The highest BCUT2D eigenvalue weighted by atomic mass is 16.5. The van der Waals surface area contributed by atoms with E-state index in [-0.39, 0.29) is 12.6 Å². The van der Waals surface area contributed by atoms with E-state index in [0.29, 0.717) is 37.5 Å². The molecule has 2 unspecified atom stereocenters. The highest BCUT2D eigenvalue weighted by molar-refractivity contribution is 5.95. The lowest BCUT2D eigenvalue weighted by atomic mass is 10.0. The monoisotopic (exact) mass is 571 g/mol. The van der Waals surface area contributed by atoms with Gasteiger partial charge in [0.1, 0.15) is 18.3 Å². The van der Waals surface area contributed by atoms with Crippen molar-refractivity contribution in [2.75, 3.05) is 52.4 Å². The Bertz CT molecular complexity index is 971. The number of hydrogen-bond donors (Lipinski definition) is 5. The van der Waals surface area contributed by atoms with E-state index in [1.165, 1.54) is 50.5 Å². The van der Waals surface area contributed by atoms with Crippen LogP contribution in [0.2, 0.25) is 0 Å². The quantitative estimate of drug-likeness (QED) is 0.0759. The van der Waals surface area contributed by atoms with Crippen LogP contribution in [0.5, 0.6) is 5.75 Å². The van der Waals surface area contributed by atoms with Gasteiger partial charge in [0, 0.05) is 58.2 Å². The Morgan fingerprint density at radius 1 is 1.05 bits per heavy atom. The maximum atomic E-state index is 11.7. The fraction of sp³-hybridized carbons (Fsp3) is 0.688. The predicted octanol–water partition coefficient (Wildman–Crippen LogP) is 1.38. The highest BCUT2D eigenvalue weighted by Gasteiger charge is 2.45. The molecule has 230 valence electrons. The third-order valence-electron chi connectivity index (χ3n) is 7.27. The van der Waals surface area contributed by atoms with Crippen molar-refractivity contribution in [2.45, 2.75) is 90.4 Å². The van der Waals surface area contributed by atoms with Crippen molar-refractivity contribution in [1.82, 2.24) is 21.3 Å². The van der Waals surface area contributed by atoms with E-state index in [4.69, 9.17) is 4.74 Å². The second kappa shape index (κ2) is 20.3. The largest absolute Gasteiger partial charge is 0.544 e. The molecule has 0 radical (unpaired) electrons. The molecule has 0 saturated carbocycles. The molecule has 0 saturated heterocycles. The van der Waals surface area contributed by atoms with E-state index in [0.717, 1.165) is 32.6 Å². The smallest absolute Gasteiger partial charge is 0.326 e. The third-order valence-corrected chi connectivity index (χ3v) is 7.27. The van der Waals surface area contributed by atoms with Gasteiger partial charge in [-0.25, -0.2) is 0 Å². The van der Waals surface area contributed by atoms with Crippen LogP contribution in [0.25, 0.3) is 0 Å². The Morgan fingerprint density at radius 2 is 1.68 bits per heavy atom. The first-order chi connectivity index (χ1) is 19.9. The second-order valence-corrected chi connectivity index (χ2v) is 11.0. The van der Waals surface area contributed by atoms with Crippen LogP contribution in [0.3, 0.4) is 0 Å². The van der Waals surface area contributed by atoms with Gasteiger partial charge in [0.15, 0.2) is 6.54 Å². The normalized spacial score (nSPS) is 17.4. The van der Waals surface area contributed by atoms with Crippen molar-refractivity contribution in [2.24, 2.45) is 0 Å². The van der Waals surface area contributed by atoms with Crippen molar-refractivity contribution in [3.8, 4) is 17.7 Å². The van der Waals surface area contributed by atoms with Gasteiger partial charge in [-0.15, -0.1) is 0 Å². The summed E-state index contributed by atoms with van der Waals surface area (Å²) in [6, 6.07) is 11.1. The number of carboxylic acid groups (broad SMARTS) is 1. The average Bonchev–Trinajstić information content (AvgIpc) is 3.08. The van der Waals surface area contributed by atoms with Crippen molar-refractivity contribution in [1.29, 1.82) is 0 Å². The second-order valence-electron chi connectivity index (χ2n) is 11.0. The van der Waals surface area contributed by atoms with Gasteiger partial charge in [-0.05, 0) is 37.5 Å². The van der Waals surface area contributed by atoms with Gasteiger partial charge >= 0.3 is 5.72 Å². The van der Waals surface area contributed by atoms with Gasteiger partial charge in [0.05, 0.1) is 12.5 Å². The molecule has 2 rings (SSSR count). The lowest BCUT2D eigenvalue weighted by Gasteiger charge is -2.31. The number of hydrogen-bond acceptors (Lipinski definition) is 8. The van der Waals surface area contributed by atoms with E-state index in [9.17, 15) is 15.0 Å². The van der Waals surface area contributed by atoms with Gasteiger partial charge < -0.3 is 41.0 Å². The first-order valence-electron chi connectivity index (χ1n) is 15.5. The van der Waals surface area contributed by atoms with Crippen LogP contribution in [0.1, 0.15) is 77.7 Å². The minimum Gasteiger partial charge on any atom is -0.544 e. The molecule has 1 aliphatic heterocycles. The Balaban J connectivity index is 1.95. The van der Waals surface area contributed by atoms with Crippen LogP contribution in [0.15, 0.2) is 24.3 Å². The topological polar surface area (TPSA) is 121 Å². The predicted molar refractivity (Wildman–Crippen MR) is 163 cm³/mol. The molecule has 41 heavy (non-hydrogen) atoms. The minimum absolute atomic E-state index is 0.306. The number of nitrogens with zero attached hydrogens (tertiary/aromatic N) is 1. The number of unbranched alkanes of at least 4 members (excludes halogenated alkanes) is 6. The Hall–Kier alpha value is -2.64. The lowest BCUT2D eigenvalue weighted by molar-refractivity contribution is -0.645. The summed E-state index contributed by atoms with van der Waals surface area (Å²) in [5.41, 5.74) is 0.944. The zero-order chi connectivity index (χ0) is 29.8. The summed E-state index contributed by atoms with van der Waals surface area (Å²) in [6.07, 6.45) is 10.3. The van der Waals surface area contributed by atoms with E-state index in [2.05, 4.69) is 52.3 Å². The summed E-state index contributed by atoms with van der Waals surface area (Å²) in [5, 5.41) is 34.1. The zero-order valence-electron chi connectivity index (χ0n) is 25.5. The van der Waals surface area contributed by atoms with Gasteiger partial charge in [0.2, 0.25) is 5.71 Å². The summed E-state index contributed by atoms with van der Waals surface area (Å²) in [4.78, 5) is 11.7. The Kier molecular flexibility index (Phi) is 17.1. The first-order valence-corrected chi connectivity index (χ1v) is 15.5. The standard InChI is InChI=1S/C32H53N5O4/c1-4-5-6-7-8-9-10-11-29-12-14-30(15-13-29)41-32(26-36-18-16-27(2)37(32)25-31(39)40)17-19-33-20-21-34-22-23-35-24-28(3)38/h12-15,28,33-35,38H,4-11,17,19-26H2,1-3H3,(H,39,40). The van der Waals surface area contributed by atoms with E-state index < -0.39 is 11.7 Å². The molecule has 9 nitrogen and oxygen atoms in total. The molecule has 2 atom stereocenters. The van der Waals surface area contributed by atoms with Crippen molar-refractivity contribution < 1.29 is 24.3 Å².